The van der Waals surface area contributed by atoms with Crippen molar-refractivity contribution in [2.24, 2.45) is 0 Å². The second kappa shape index (κ2) is 3.61. The maximum atomic E-state index is 11.1. The van der Waals surface area contributed by atoms with Gasteiger partial charge in [-0.05, 0) is 20.3 Å². The van der Waals surface area contributed by atoms with Gasteiger partial charge in [-0.15, -0.1) is 0 Å². The van der Waals surface area contributed by atoms with Gasteiger partial charge in [-0.1, -0.05) is 0 Å². The van der Waals surface area contributed by atoms with Gasteiger partial charge in [-0.25, -0.2) is 24.4 Å². The van der Waals surface area contributed by atoms with Crippen LogP contribution in [0.4, 0.5) is 0 Å². The molecular formula is C7H13N3O3. The molecule has 0 bridgehead atoms. The minimum atomic E-state index is -0.531. The fourth-order valence-electron chi connectivity index (χ4n) is 1.32. The lowest BCUT2D eigenvalue weighted by molar-refractivity contribution is 0.164. The number of aliphatic hydroxyl groups excluding tert-OH is 1. The normalized spacial score (nSPS) is 15.6. The van der Waals surface area contributed by atoms with E-state index < -0.39 is 17.5 Å². The third-order valence-corrected chi connectivity index (χ3v) is 1.84. The average molecular weight is 187 g/mol. The van der Waals surface area contributed by atoms with E-state index in [1.165, 1.54) is 0 Å². The third-order valence-electron chi connectivity index (χ3n) is 1.84. The summed E-state index contributed by atoms with van der Waals surface area (Å²) in [5, 5.41) is 13.4. The molecule has 3 N–H and O–H groups in total. The maximum absolute atomic E-state index is 11.1. The van der Waals surface area contributed by atoms with Gasteiger partial charge in [0.05, 0.1) is 6.10 Å². The van der Waals surface area contributed by atoms with E-state index >= 15 is 0 Å². The Hall–Kier alpha value is -1.30. The molecule has 0 saturated heterocycles. The third kappa shape index (κ3) is 2.09. The smallest absolute Gasteiger partial charge is 0.344 e. The minimum Gasteiger partial charge on any atom is -0.393 e. The van der Waals surface area contributed by atoms with Gasteiger partial charge in [0.2, 0.25) is 0 Å². The zero-order chi connectivity index (χ0) is 10.0. The van der Waals surface area contributed by atoms with E-state index in [1.807, 2.05) is 0 Å². The fraction of sp³-hybridized carbons (Fsp3) is 0.714. The SMILES string of the molecule is CC(O)CC(C)n1c(=O)[nH][nH]c1=O. The zero-order valence-corrected chi connectivity index (χ0v) is 7.57. The molecule has 6 nitrogen and oxygen atoms in total. The Bertz CT molecular complexity index is 345. The molecule has 2 unspecified atom stereocenters. The van der Waals surface area contributed by atoms with E-state index in [0.29, 0.717) is 6.42 Å². The molecule has 0 spiro atoms. The Balaban J connectivity index is 2.94. The monoisotopic (exact) mass is 187 g/mol. The number of hydrogen-bond acceptors (Lipinski definition) is 3. The summed E-state index contributed by atoms with van der Waals surface area (Å²) in [5.41, 5.74) is -0.948. The van der Waals surface area contributed by atoms with E-state index in [0.717, 1.165) is 4.57 Å². The summed E-state index contributed by atoms with van der Waals surface area (Å²) in [6, 6.07) is -0.303. The molecule has 0 radical (unpaired) electrons. The van der Waals surface area contributed by atoms with E-state index in [4.69, 9.17) is 5.11 Å². The van der Waals surface area contributed by atoms with Crippen molar-refractivity contribution in [3.63, 3.8) is 0 Å². The Morgan fingerprint density at radius 1 is 1.31 bits per heavy atom. The Kier molecular flexibility index (Phi) is 2.72. The van der Waals surface area contributed by atoms with Crippen molar-refractivity contribution in [1.29, 1.82) is 0 Å². The zero-order valence-electron chi connectivity index (χ0n) is 7.57. The van der Waals surface area contributed by atoms with E-state index in [1.54, 1.807) is 13.8 Å². The van der Waals surface area contributed by atoms with Gasteiger partial charge < -0.3 is 5.11 Å². The Morgan fingerprint density at radius 3 is 2.15 bits per heavy atom. The van der Waals surface area contributed by atoms with Crippen LogP contribution in [-0.2, 0) is 0 Å². The quantitative estimate of drug-likeness (QED) is 0.578. The first-order valence-electron chi connectivity index (χ1n) is 4.09. The van der Waals surface area contributed by atoms with Gasteiger partial charge in [0, 0.05) is 6.04 Å². The molecular weight excluding hydrogens is 174 g/mol. The van der Waals surface area contributed by atoms with Gasteiger partial charge in [0.15, 0.2) is 0 Å². The molecule has 0 amide bonds. The van der Waals surface area contributed by atoms with Crippen LogP contribution >= 0.6 is 0 Å². The summed E-state index contributed by atoms with van der Waals surface area (Å²) in [7, 11) is 0. The van der Waals surface area contributed by atoms with Crippen LogP contribution < -0.4 is 11.4 Å². The number of H-pyrrole nitrogens is 2. The molecule has 2 atom stereocenters. The van der Waals surface area contributed by atoms with Crippen LogP contribution in [0.15, 0.2) is 9.59 Å². The summed E-state index contributed by atoms with van der Waals surface area (Å²) >= 11 is 0. The number of nitrogens with zero attached hydrogens (tertiary/aromatic N) is 1. The van der Waals surface area contributed by atoms with Crippen LogP contribution in [0.1, 0.15) is 26.3 Å². The summed E-state index contributed by atoms with van der Waals surface area (Å²) in [4.78, 5) is 22.1. The number of aromatic nitrogens is 3. The lowest BCUT2D eigenvalue weighted by atomic mass is 10.1. The minimum absolute atomic E-state index is 0.303. The molecule has 74 valence electrons. The topological polar surface area (TPSA) is 90.9 Å². The summed E-state index contributed by atoms with van der Waals surface area (Å²) in [6.45, 7) is 3.32. The van der Waals surface area contributed by atoms with Crippen LogP contribution in [0, 0.1) is 0 Å². The standard InChI is InChI=1S/C7H13N3O3/c1-4(3-5(2)11)10-6(12)8-9-7(10)13/h4-5,11H,3H2,1-2H3,(H,8,12)(H,9,13). The fourth-order valence-corrected chi connectivity index (χ4v) is 1.32. The lowest BCUT2D eigenvalue weighted by Crippen LogP contribution is -2.31. The van der Waals surface area contributed by atoms with E-state index in [9.17, 15) is 9.59 Å². The second-order valence-electron chi connectivity index (χ2n) is 3.16. The van der Waals surface area contributed by atoms with Gasteiger partial charge in [0.25, 0.3) is 0 Å². The molecule has 0 aliphatic carbocycles. The number of nitrogens with one attached hydrogen (secondary N) is 2. The van der Waals surface area contributed by atoms with Crippen molar-refractivity contribution < 1.29 is 5.11 Å². The first kappa shape index (κ1) is 9.79. The van der Waals surface area contributed by atoms with Crippen molar-refractivity contribution in [3.05, 3.63) is 21.0 Å². The van der Waals surface area contributed by atoms with Crippen LogP contribution in [-0.4, -0.2) is 26.0 Å². The Labute approximate surface area is 74.2 Å². The first-order valence-corrected chi connectivity index (χ1v) is 4.09. The molecule has 0 aliphatic heterocycles. The van der Waals surface area contributed by atoms with Crippen LogP contribution in [0.3, 0.4) is 0 Å². The highest BCUT2D eigenvalue weighted by molar-refractivity contribution is 4.73. The van der Waals surface area contributed by atoms with E-state index in [-0.39, 0.29) is 6.04 Å². The Morgan fingerprint density at radius 2 is 1.77 bits per heavy atom. The molecule has 0 saturated carbocycles. The maximum Gasteiger partial charge on any atom is 0.344 e. The molecule has 1 aromatic heterocycles. The molecule has 1 heterocycles. The number of rotatable bonds is 3. The highest BCUT2D eigenvalue weighted by Crippen LogP contribution is 2.07. The van der Waals surface area contributed by atoms with Crippen molar-refractivity contribution in [1.82, 2.24) is 14.8 Å². The molecule has 1 aromatic rings. The molecule has 1 rings (SSSR count). The van der Waals surface area contributed by atoms with Gasteiger partial charge >= 0.3 is 11.4 Å². The molecule has 0 fully saturated rings. The van der Waals surface area contributed by atoms with Crippen molar-refractivity contribution in [2.45, 2.75) is 32.4 Å². The van der Waals surface area contributed by atoms with Crippen LogP contribution in [0.25, 0.3) is 0 Å². The first-order chi connectivity index (χ1) is 6.02. The number of hydrogen-bond donors (Lipinski definition) is 3. The molecule has 6 heteroatoms. The van der Waals surface area contributed by atoms with Gasteiger partial charge in [0.1, 0.15) is 0 Å². The summed E-state index contributed by atoms with van der Waals surface area (Å²) in [5.74, 6) is 0. The largest absolute Gasteiger partial charge is 0.393 e. The van der Waals surface area contributed by atoms with Crippen molar-refractivity contribution in [2.75, 3.05) is 0 Å². The lowest BCUT2D eigenvalue weighted by Gasteiger charge is -2.11. The average Bonchev–Trinajstić information content (AvgIpc) is 2.29. The molecule has 0 aromatic carbocycles. The molecule has 0 aliphatic rings. The number of aromatic amines is 2. The second-order valence-corrected chi connectivity index (χ2v) is 3.16. The summed E-state index contributed by atoms with van der Waals surface area (Å²) < 4.78 is 1.05. The highest BCUT2D eigenvalue weighted by atomic mass is 16.3. The van der Waals surface area contributed by atoms with Crippen molar-refractivity contribution >= 4 is 0 Å². The number of aliphatic hydroxyl groups is 1. The van der Waals surface area contributed by atoms with Gasteiger partial charge in [-0.2, -0.15) is 0 Å². The van der Waals surface area contributed by atoms with Crippen LogP contribution in [0.5, 0.6) is 0 Å². The van der Waals surface area contributed by atoms with E-state index in [2.05, 4.69) is 10.2 Å². The molecule has 13 heavy (non-hydrogen) atoms. The van der Waals surface area contributed by atoms with Crippen molar-refractivity contribution in [3.8, 4) is 0 Å². The predicted octanol–water partition coefficient (Wildman–Crippen LogP) is -0.803. The summed E-state index contributed by atoms with van der Waals surface area (Å²) in [6.07, 6.45) is -0.155. The van der Waals surface area contributed by atoms with Crippen LogP contribution in [0.2, 0.25) is 0 Å². The van der Waals surface area contributed by atoms with Gasteiger partial charge in [-0.3, -0.25) is 0 Å². The highest BCUT2D eigenvalue weighted by Gasteiger charge is 2.13. The predicted molar refractivity (Wildman–Crippen MR) is 46.7 cm³/mol.